The van der Waals surface area contributed by atoms with Crippen LogP contribution in [-0.2, 0) is 6.42 Å². The van der Waals surface area contributed by atoms with Gasteiger partial charge in [-0.25, -0.2) is 13.8 Å². The summed E-state index contributed by atoms with van der Waals surface area (Å²) in [6.45, 7) is 0.708. The molecule has 0 fully saturated rings. The van der Waals surface area contributed by atoms with E-state index >= 15 is 0 Å². The number of amides is 1. The third-order valence-corrected chi connectivity index (χ3v) is 3.99. The number of hydrogen-bond acceptors (Lipinski definition) is 3. The molecule has 0 atom stereocenters. The summed E-state index contributed by atoms with van der Waals surface area (Å²) >= 11 is 0. The maximum absolute atomic E-state index is 13.7. The van der Waals surface area contributed by atoms with Crippen LogP contribution in [0.15, 0.2) is 66.9 Å². The normalized spacial score (nSPS) is 10.4. The first-order chi connectivity index (χ1) is 13.1. The molecule has 3 aromatic rings. The van der Waals surface area contributed by atoms with E-state index in [-0.39, 0.29) is 5.69 Å². The van der Waals surface area contributed by atoms with E-state index in [9.17, 15) is 13.6 Å². The fraction of sp³-hybridized carbons (Fsp3) is 0.143. The summed E-state index contributed by atoms with van der Waals surface area (Å²) in [6.07, 6.45) is 3.37. The smallest absolute Gasteiger partial charge is 0.255 e. The van der Waals surface area contributed by atoms with Gasteiger partial charge in [0.15, 0.2) is 0 Å². The lowest BCUT2D eigenvalue weighted by Gasteiger charge is -2.09. The van der Waals surface area contributed by atoms with E-state index < -0.39 is 17.5 Å². The molecule has 2 aromatic carbocycles. The molecule has 1 aromatic heterocycles. The largest absolute Gasteiger partial charge is 0.370 e. The number of benzene rings is 2. The van der Waals surface area contributed by atoms with Crippen molar-refractivity contribution in [2.75, 3.05) is 17.2 Å². The molecule has 1 amide bonds. The van der Waals surface area contributed by atoms with Crippen molar-refractivity contribution in [2.24, 2.45) is 0 Å². The van der Waals surface area contributed by atoms with Crippen LogP contribution >= 0.6 is 0 Å². The van der Waals surface area contributed by atoms with Gasteiger partial charge in [-0.05, 0) is 42.7 Å². The van der Waals surface area contributed by atoms with Gasteiger partial charge in [0.1, 0.15) is 17.5 Å². The highest BCUT2D eigenvalue weighted by Gasteiger charge is 2.11. The molecule has 27 heavy (non-hydrogen) atoms. The highest BCUT2D eigenvalue weighted by atomic mass is 19.1. The zero-order valence-corrected chi connectivity index (χ0v) is 14.6. The lowest BCUT2D eigenvalue weighted by molar-refractivity contribution is 0.102. The van der Waals surface area contributed by atoms with E-state index in [1.807, 2.05) is 18.2 Å². The molecule has 0 saturated carbocycles. The molecule has 0 unspecified atom stereocenters. The molecular weight excluding hydrogens is 348 g/mol. The maximum atomic E-state index is 13.7. The Balaban J connectivity index is 1.55. The van der Waals surface area contributed by atoms with E-state index in [4.69, 9.17) is 0 Å². The van der Waals surface area contributed by atoms with Gasteiger partial charge in [-0.1, -0.05) is 30.3 Å². The number of hydrogen-bond donors (Lipinski definition) is 2. The average Bonchev–Trinajstić information content (AvgIpc) is 2.68. The molecule has 1 heterocycles. The Hall–Kier alpha value is -3.28. The molecule has 0 spiro atoms. The molecule has 3 rings (SSSR count). The summed E-state index contributed by atoms with van der Waals surface area (Å²) in [5.74, 6) is -1.45. The molecule has 4 nitrogen and oxygen atoms in total. The molecule has 0 aliphatic rings. The van der Waals surface area contributed by atoms with Crippen molar-refractivity contribution in [2.45, 2.75) is 12.8 Å². The van der Waals surface area contributed by atoms with Crippen LogP contribution in [0.4, 0.5) is 20.3 Å². The first-order valence-electron chi connectivity index (χ1n) is 8.62. The zero-order chi connectivity index (χ0) is 19.1. The second-order valence-electron chi connectivity index (χ2n) is 6.02. The summed E-state index contributed by atoms with van der Waals surface area (Å²) in [7, 11) is 0. The fourth-order valence-electron chi connectivity index (χ4n) is 2.61. The average molecular weight is 367 g/mol. The Morgan fingerprint density at radius 2 is 1.81 bits per heavy atom. The van der Waals surface area contributed by atoms with Gasteiger partial charge in [0.05, 0.1) is 5.69 Å². The molecule has 0 aliphatic heterocycles. The topological polar surface area (TPSA) is 54.0 Å². The molecule has 0 radical (unpaired) electrons. The lowest BCUT2D eigenvalue weighted by Crippen LogP contribution is -2.14. The van der Waals surface area contributed by atoms with Crippen LogP contribution in [0.3, 0.4) is 0 Å². The first-order valence-corrected chi connectivity index (χ1v) is 8.62. The molecule has 0 saturated heterocycles. The van der Waals surface area contributed by atoms with Gasteiger partial charge in [0.25, 0.3) is 5.91 Å². The number of aromatic nitrogens is 1. The molecule has 0 aliphatic carbocycles. The standard InChI is InChI=1S/C21H19F2N3O/c22-17-8-9-19(18(23)14-17)26-21(27)16-10-12-25-20(13-16)24-11-4-7-15-5-2-1-3-6-15/h1-3,5-6,8-10,12-14H,4,7,11H2,(H,24,25)(H,26,27). The number of carbonyl (C=O) groups excluding carboxylic acids is 1. The SMILES string of the molecule is O=C(Nc1ccc(F)cc1F)c1ccnc(NCCCc2ccccc2)c1. The monoisotopic (exact) mass is 367 g/mol. The van der Waals surface area contributed by atoms with E-state index in [1.54, 1.807) is 6.07 Å². The van der Waals surface area contributed by atoms with Crippen molar-refractivity contribution in [3.8, 4) is 0 Å². The van der Waals surface area contributed by atoms with Crippen molar-refractivity contribution in [3.05, 3.63) is 89.6 Å². The van der Waals surface area contributed by atoms with Crippen molar-refractivity contribution >= 4 is 17.4 Å². The molecule has 0 bridgehead atoms. The summed E-state index contributed by atoms with van der Waals surface area (Å²) < 4.78 is 26.6. The predicted octanol–water partition coefficient (Wildman–Crippen LogP) is 4.66. The number of pyridine rings is 1. The fourth-order valence-corrected chi connectivity index (χ4v) is 2.61. The first kappa shape index (κ1) is 18.5. The minimum absolute atomic E-state index is 0.0735. The van der Waals surface area contributed by atoms with Gasteiger partial charge in [0.2, 0.25) is 0 Å². The van der Waals surface area contributed by atoms with Crippen LogP contribution in [0.5, 0.6) is 0 Å². The van der Waals surface area contributed by atoms with Crippen LogP contribution in [-0.4, -0.2) is 17.4 Å². The van der Waals surface area contributed by atoms with Crippen LogP contribution in [0, 0.1) is 11.6 Å². The Bertz CT molecular complexity index is 916. The lowest BCUT2D eigenvalue weighted by atomic mass is 10.1. The predicted molar refractivity (Wildman–Crippen MR) is 102 cm³/mol. The number of rotatable bonds is 7. The summed E-state index contributed by atoms with van der Waals surface area (Å²) in [5, 5.41) is 5.61. The van der Waals surface area contributed by atoms with Gasteiger partial charge >= 0.3 is 0 Å². The highest BCUT2D eigenvalue weighted by Crippen LogP contribution is 2.17. The second-order valence-corrected chi connectivity index (χ2v) is 6.02. The number of carbonyl (C=O) groups is 1. The highest BCUT2D eigenvalue weighted by molar-refractivity contribution is 6.04. The van der Waals surface area contributed by atoms with Crippen LogP contribution < -0.4 is 10.6 Å². The van der Waals surface area contributed by atoms with Crippen LogP contribution in [0.2, 0.25) is 0 Å². The van der Waals surface area contributed by atoms with Gasteiger partial charge in [-0.15, -0.1) is 0 Å². The van der Waals surface area contributed by atoms with Gasteiger partial charge in [-0.3, -0.25) is 4.79 Å². The molecular formula is C21H19F2N3O. The third-order valence-electron chi connectivity index (χ3n) is 3.99. The van der Waals surface area contributed by atoms with E-state index in [0.717, 1.165) is 25.0 Å². The number of nitrogens with zero attached hydrogens (tertiary/aromatic N) is 1. The number of nitrogens with one attached hydrogen (secondary N) is 2. The minimum Gasteiger partial charge on any atom is -0.370 e. The van der Waals surface area contributed by atoms with Gasteiger partial charge < -0.3 is 10.6 Å². The van der Waals surface area contributed by atoms with E-state index in [0.29, 0.717) is 17.9 Å². The zero-order valence-electron chi connectivity index (χ0n) is 14.6. The second kappa shape index (κ2) is 8.89. The number of anilines is 2. The van der Waals surface area contributed by atoms with E-state index in [2.05, 4.69) is 27.8 Å². The Kier molecular flexibility index (Phi) is 6.10. The van der Waals surface area contributed by atoms with Gasteiger partial charge in [-0.2, -0.15) is 0 Å². The third kappa shape index (κ3) is 5.34. The quantitative estimate of drug-likeness (QED) is 0.598. The van der Waals surface area contributed by atoms with Crippen molar-refractivity contribution in [1.82, 2.24) is 4.98 Å². The maximum Gasteiger partial charge on any atom is 0.255 e. The van der Waals surface area contributed by atoms with Crippen LogP contribution in [0.1, 0.15) is 22.3 Å². The summed E-state index contributed by atoms with van der Waals surface area (Å²) in [4.78, 5) is 16.5. The van der Waals surface area contributed by atoms with E-state index in [1.165, 1.54) is 23.9 Å². The number of halogens is 2. The Morgan fingerprint density at radius 3 is 2.59 bits per heavy atom. The summed E-state index contributed by atoms with van der Waals surface area (Å²) in [5.41, 5.74) is 1.52. The Labute approximate surface area is 156 Å². The minimum atomic E-state index is -0.823. The Morgan fingerprint density at radius 1 is 1.00 bits per heavy atom. The molecule has 2 N–H and O–H groups in total. The van der Waals surface area contributed by atoms with Gasteiger partial charge in [0, 0.05) is 24.4 Å². The summed E-state index contributed by atoms with van der Waals surface area (Å²) in [6, 6.07) is 16.3. The van der Waals surface area contributed by atoms with Crippen molar-refractivity contribution < 1.29 is 13.6 Å². The molecule has 138 valence electrons. The molecule has 6 heteroatoms. The van der Waals surface area contributed by atoms with Crippen LogP contribution in [0.25, 0.3) is 0 Å². The van der Waals surface area contributed by atoms with Crippen molar-refractivity contribution in [3.63, 3.8) is 0 Å². The number of aryl methyl sites for hydroxylation is 1. The van der Waals surface area contributed by atoms with Crippen molar-refractivity contribution in [1.29, 1.82) is 0 Å².